The molecule has 0 heterocycles. The fourth-order valence-electron chi connectivity index (χ4n) is 1.50. The molecule has 0 bridgehead atoms. The number of benzene rings is 1. The molecule has 1 aromatic rings. The average Bonchev–Trinajstić information content (AvgIpc) is 2.14. The molecule has 0 aliphatic rings. The van der Waals surface area contributed by atoms with Gasteiger partial charge in [0.05, 0.1) is 8.07 Å². The summed E-state index contributed by atoms with van der Waals surface area (Å²) in [4.78, 5) is 0. The molecule has 0 saturated heterocycles. The molecule has 0 N–H and O–H groups in total. The van der Waals surface area contributed by atoms with E-state index in [9.17, 15) is 0 Å². The Bertz CT molecular complexity index is 383. The second-order valence-electron chi connectivity index (χ2n) is 6.46. The Labute approximate surface area is 108 Å². The number of rotatable bonds is 4. The van der Waals surface area contributed by atoms with E-state index >= 15 is 0 Å². The highest BCUT2D eigenvalue weighted by atomic mass is 28.4. The first-order valence-corrected chi connectivity index (χ1v) is 13.1. The molecule has 0 saturated carbocycles. The summed E-state index contributed by atoms with van der Waals surface area (Å²) in [6.45, 7) is 13.7. The minimum atomic E-state index is -1.55. The van der Waals surface area contributed by atoms with Crippen LogP contribution in [0, 0.1) is 0 Å². The first-order valence-electron chi connectivity index (χ1n) is 6.15. The van der Waals surface area contributed by atoms with Crippen LogP contribution in [0.25, 0.3) is 5.76 Å². The SMILES string of the molecule is C[Si](C)(C)C=C(O[Si](C)(C)C)c1ccccc1. The first-order chi connectivity index (χ1) is 7.67. The molecular weight excluding hydrogens is 240 g/mol. The Hall–Kier alpha value is -0.806. The molecule has 1 rings (SSSR count). The van der Waals surface area contributed by atoms with Gasteiger partial charge in [-0.15, -0.1) is 0 Å². The third-order valence-corrected chi connectivity index (χ3v) is 4.00. The number of hydrogen-bond acceptors (Lipinski definition) is 1. The van der Waals surface area contributed by atoms with Crippen LogP contribution < -0.4 is 0 Å². The van der Waals surface area contributed by atoms with Gasteiger partial charge < -0.3 is 4.43 Å². The van der Waals surface area contributed by atoms with Gasteiger partial charge in [0.1, 0.15) is 5.76 Å². The van der Waals surface area contributed by atoms with E-state index in [0.717, 1.165) is 5.76 Å². The molecule has 17 heavy (non-hydrogen) atoms. The fraction of sp³-hybridized carbons (Fsp3) is 0.429. The van der Waals surface area contributed by atoms with Gasteiger partial charge in [0.2, 0.25) is 8.32 Å². The topological polar surface area (TPSA) is 9.23 Å². The van der Waals surface area contributed by atoms with Crippen LogP contribution in [0.2, 0.25) is 39.3 Å². The van der Waals surface area contributed by atoms with Crippen LogP contribution >= 0.6 is 0 Å². The predicted molar refractivity (Wildman–Crippen MR) is 82.2 cm³/mol. The summed E-state index contributed by atoms with van der Waals surface area (Å²) < 4.78 is 6.23. The van der Waals surface area contributed by atoms with Gasteiger partial charge >= 0.3 is 0 Å². The van der Waals surface area contributed by atoms with Crippen molar-refractivity contribution in [3.8, 4) is 0 Å². The van der Waals surface area contributed by atoms with Gasteiger partial charge in [0.15, 0.2) is 0 Å². The highest BCUT2D eigenvalue weighted by Crippen LogP contribution is 2.23. The van der Waals surface area contributed by atoms with Crippen molar-refractivity contribution < 1.29 is 4.43 Å². The van der Waals surface area contributed by atoms with Crippen molar-refractivity contribution in [3.05, 3.63) is 41.6 Å². The summed E-state index contributed by atoms with van der Waals surface area (Å²) in [5.74, 6) is 1.09. The van der Waals surface area contributed by atoms with E-state index in [1.165, 1.54) is 5.56 Å². The summed E-state index contributed by atoms with van der Waals surface area (Å²) in [5, 5.41) is 0. The van der Waals surface area contributed by atoms with Gasteiger partial charge in [-0.2, -0.15) is 0 Å². The maximum absolute atomic E-state index is 6.23. The van der Waals surface area contributed by atoms with E-state index < -0.39 is 16.4 Å². The molecule has 0 amide bonds. The lowest BCUT2D eigenvalue weighted by molar-refractivity contribution is 0.515. The molecule has 0 atom stereocenters. The molecule has 0 aromatic heterocycles. The lowest BCUT2D eigenvalue weighted by atomic mass is 10.2. The molecule has 0 aliphatic carbocycles. The van der Waals surface area contributed by atoms with Crippen LogP contribution in [0.1, 0.15) is 5.56 Å². The maximum atomic E-state index is 6.23. The minimum Gasteiger partial charge on any atom is -0.544 e. The summed E-state index contributed by atoms with van der Waals surface area (Å²) in [7, 11) is -2.82. The van der Waals surface area contributed by atoms with Crippen molar-refractivity contribution in [3.63, 3.8) is 0 Å². The van der Waals surface area contributed by atoms with E-state index in [2.05, 4.69) is 69.2 Å². The monoisotopic (exact) mass is 264 g/mol. The van der Waals surface area contributed by atoms with Crippen molar-refractivity contribution in [1.29, 1.82) is 0 Å². The molecule has 1 aromatic carbocycles. The summed E-state index contributed by atoms with van der Waals surface area (Å²) in [5.41, 5.74) is 3.57. The molecule has 0 fully saturated rings. The molecule has 94 valence electrons. The van der Waals surface area contributed by atoms with Crippen molar-refractivity contribution in [1.82, 2.24) is 0 Å². The van der Waals surface area contributed by atoms with Gasteiger partial charge in [-0.25, -0.2) is 0 Å². The second kappa shape index (κ2) is 5.23. The van der Waals surface area contributed by atoms with Gasteiger partial charge in [0, 0.05) is 5.56 Å². The van der Waals surface area contributed by atoms with Crippen LogP contribution in [0.5, 0.6) is 0 Å². The predicted octanol–water partition coefficient (Wildman–Crippen LogP) is 4.76. The molecule has 1 nitrogen and oxygen atoms in total. The van der Waals surface area contributed by atoms with E-state index in [1.54, 1.807) is 0 Å². The second-order valence-corrected chi connectivity index (χ2v) is 15.9. The zero-order valence-electron chi connectivity index (χ0n) is 11.9. The van der Waals surface area contributed by atoms with E-state index in [4.69, 9.17) is 4.43 Å². The lowest BCUT2D eigenvalue weighted by Crippen LogP contribution is -2.26. The third kappa shape index (κ3) is 5.89. The van der Waals surface area contributed by atoms with Gasteiger partial charge in [-0.05, 0) is 19.6 Å². The first kappa shape index (κ1) is 14.3. The highest BCUT2D eigenvalue weighted by Gasteiger charge is 2.21. The normalized spacial score (nSPS) is 13.6. The zero-order chi connectivity index (χ0) is 13.1. The smallest absolute Gasteiger partial charge is 0.242 e. The van der Waals surface area contributed by atoms with Crippen molar-refractivity contribution in [2.24, 2.45) is 0 Å². The van der Waals surface area contributed by atoms with E-state index in [1.807, 2.05) is 6.07 Å². The Morgan fingerprint density at radius 2 is 1.47 bits per heavy atom. The molecule has 0 unspecified atom stereocenters. The van der Waals surface area contributed by atoms with E-state index in [0.29, 0.717) is 0 Å². The molecule has 3 heteroatoms. The van der Waals surface area contributed by atoms with Crippen molar-refractivity contribution in [2.75, 3.05) is 0 Å². The Kier molecular flexibility index (Phi) is 4.39. The van der Waals surface area contributed by atoms with Crippen LogP contribution in [0.15, 0.2) is 36.0 Å². The third-order valence-electron chi connectivity index (χ3n) is 2.04. The minimum absolute atomic E-state index is 1.09. The summed E-state index contributed by atoms with van der Waals surface area (Å²) in [6, 6.07) is 10.4. The van der Waals surface area contributed by atoms with E-state index in [-0.39, 0.29) is 0 Å². The van der Waals surface area contributed by atoms with Gasteiger partial charge in [-0.3, -0.25) is 0 Å². The van der Waals surface area contributed by atoms with Crippen LogP contribution in [-0.2, 0) is 4.43 Å². The van der Waals surface area contributed by atoms with Crippen LogP contribution in [0.3, 0.4) is 0 Å². The summed E-state index contributed by atoms with van der Waals surface area (Å²) in [6.07, 6.45) is 0. The largest absolute Gasteiger partial charge is 0.544 e. The molecule has 0 radical (unpaired) electrons. The Morgan fingerprint density at radius 1 is 0.941 bits per heavy atom. The average molecular weight is 265 g/mol. The Morgan fingerprint density at radius 3 is 1.88 bits per heavy atom. The molecule has 0 spiro atoms. The van der Waals surface area contributed by atoms with Gasteiger partial charge in [-0.1, -0.05) is 55.7 Å². The molecular formula is C14H24OSi2. The number of hydrogen-bond donors (Lipinski definition) is 0. The summed E-state index contributed by atoms with van der Waals surface area (Å²) >= 11 is 0. The highest BCUT2D eigenvalue weighted by molar-refractivity contribution is 6.82. The van der Waals surface area contributed by atoms with Gasteiger partial charge in [0.25, 0.3) is 0 Å². The standard InChI is InChI=1S/C14H24OSi2/c1-16(2,3)12-14(15-17(4,5)6)13-10-8-7-9-11-13/h7-12H,1-6H3. The fourth-order valence-corrected chi connectivity index (χ4v) is 3.46. The van der Waals surface area contributed by atoms with Crippen LogP contribution in [0.4, 0.5) is 0 Å². The Balaban J connectivity index is 3.09. The van der Waals surface area contributed by atoms with Crippen molar-refractivity contribution >= 4 is 22.2 Å². The lowest BCUT2D eigenvalue weighted by Gasteiger charge is -2.24. The zero-order valence-corrected chi connectivity index (χ0v) is 13.9. The van der Waals surface area contributed by atoms with Crippen molar-refractivity contribution in [2.45, 2.75) is 39.3 Å². The molecule has 0 aliphatic heterocycles. The maximum Gasteiger partial charge on any atom is 0.242 e. The quantitative estimate of drug-likeness (QED) is 0.563. The van der Waals surface area contributed by atoms with Crippen LogP contribution in [-0.4, -0.2) is 16.4 Å².